The Hall–Kier alpha value is -4.60. The number of hydrogen-bond acceptors (Lipinski definition) is 6. The highest BCUT2D eigenvalue weighted by molar-refractivity contribution is 7.98. The Bertz CT molecular complexity index is 1920. The molecule has 45 heavy (non-hydrogen) atoms. The summed E-state index contributed by atoms with van der Waals surface area (Å²) in [6.07, 6.45) is 0. The molecule has 1 aliphatic heterocycles. The molecule has 0 saturated carbocycles. The van der Waals surface area contributed by atoms with Crippen LogP contribution in [0.4, 0.5) is 16.0 Å². The number of carbonyl (C=O) groups excluding carboxylic acids is 1. The van der Waals surface area contributed by atoms with E-state index < -0.39 is 6.04 Å². The Morgan fingerprint density at radius 2 is 1.76 bits per heavy atom. The molecule has 2 N–H and O–H groups in total. The number of anilines is 2. The normalized spacial score (nSPS) is 14.1. The molecule has 1 atom stereocenters. The second kappa shape index (κ2) is 13.2. The highest BCUT2D eigenvalue weighted by Crippen LogP contribution is 2.38. The number of carbonyl (C=O) groups is 1. The van der Waals surface area contributed by atoms with Crippen LogP contribution in [0.3, 0.4) is 0 Å². The monoisotopic (exact) mass is 639 g/mol. The minimum Gasteiger partial charge on any atom is -0.489 e. The highest BCUT2D eigenvalue weighted by atomic mass is 35.5. The Balaban J connectivity index is 1.35. The lowest BCUT2D eigenvalue weighted by Gasteiger charge is -2.29. The number of allylic oxidation sites excluding steroid dienone is 1. The summed E-state index contributed by atoms with van der Waals surface area (Å²) in [5.74, 6) is 0.927. The number of nitrogens with one attached hydrogen (secondary N) is 2. The molecule has 0 aliphatic carbocycles. The molecule has 1 aliphatic rings. The van der Waals surface area contributed by atoms with E-state index in [-0.39, 0.29) is 18.3 Å². The molecule has 6 rings (SSSR count). The molecule has 228 valence electrons. The average Bonchev–Trinajstić information content (AvgIpc) is 3.44. The number of rotatable bonds is 9. The lowest BCUT2D eigenvalue weighted by Crippen LogP contribution is -2.31. The fraction of sp³-hybridized carbons (Fsp3) is 0.171. The third kappa shape index (κ3) is 6.60. The molecule has 1 aromatic heterocycles. The minimum absolute atomic E-state index is 0.261. The summed E-state index contributed by atoms with van der Waals surface area (Å²) in [6, 6.07) is 27.0. The van der Waals surface area contributed by atoms with Crippen LogP contribution >= 0.6 is 23.4 Å². The van der Waals surface area contributed by atoms with E-state index in [4.69, 9.17) is 26.4 Å². The Morgan fingerprint density at radius 1 is 1.00 bits per heavy atom. The average molecular weight is 640 g/mol. The first-order chi connectivity index (χ1) is 21.8. The summed E-state index contributed by atoms with van der Waals surface area (Å²) in [7, 11) is 0. The van der Waals surface area contributed by atoms with E-state index in [1.165, 1.54) is 17.8 Å². The maximum absolute atomic E-state index is 14.3. The van der Waals surface area contributed by atoms with Gasteiger partial charge in [0.05, 0.1) is 5.57 Å². The zero-order valence-electron chi connectivity index (χ0n) is 25.0. The highest BCUT2D eigenvalue weighted by Gasteiger charge is 2.35. The lowest BCUT2D eigenvalue weighted by atomic mass is 9.94. The van der Waals surface area contributed by atoms with E-state index in [0.717, 1.165) is 27.9 Å². The van der Waals surface area contributed by atoms with Crippen LogP contribution in [-0.2, 0) is 17.2 Å². The molecular weight excluding hydrogens is 609 g/mol. The molecule has 1 amide bonds. The van der Waals surface area contributed by atoms with Crippen molar-refractivity contribution < 1.29 is 13.9 Å². The van der Waals surface area contributed by atoms with Gasteiger partial charge < -0.3 is 15.4 Å². The van der Waals surface area contributed by atoms with Crippen molar-refractivity contribution in [1.29, 1.82) is 0 Å². The molecular formula is C35H31ClFN5O2S. The number of aromatic nitrogens is 3. The van der Waals surface area contributed by atoms with Crippen molar-refractivity contribution >= 4 is 40.9 Å². The summed E-state index contributed by atoms with van der Waals surface area (Å²) in [6.45, 7) is 6.14. The van der Waals surface area contributed by atoms with Crippen LogP contribution < -0.4 is 15.4 Å². The lowest BCUT2D eigenvalue weighted by molar-refractivity contribution is -0.113. The van der Waals surface area contributed by atoms with Crippen molar-refractivity contribution in [2.24, 2.45) is 0 Å². The first-order valence-electron chi connectivity index (χ1n) is 14.4. The van der Waals surface area contributed by atoms with E-state index in [1.54, 1.807) is 22.9 Å². The van der Waals surface area contributed by atoms with Crippen molar-refractivity contribution in [3.63, 3.8) is 0 Å². The van der Waals surface area contributed by atoms with Gasteiger partial charge in [0.15, 0.2) is 0 Å². The van der Waals surface area contributed by atoms with E-state index in [1.807, 2.05) is 87.5 Å². The number of aryl methyl sites for hydroxylation is 1. The van der Waals surface area contributed by atoms with Crippen molar-refractivity contribution in [3.8, 4) is 5.75 Å². The van der Waals surface area contributed by atoms with Gasteiger partial charge in [0.25, 0.3) is 5.91 Å². The number of halogens is 2. The van der Waals surface area contributed by atoms with Gasteiger partial charge >= 0.3 is 0 Å². The maximum atomic E-state index is 14.3. The van der Waals surface area contributed by atoms with Crippen LogP contribution in [0, 0.1) is 19.7 Å². The summed E-state index contributed by atoms with van der Waals surface area (Å²) in [5, 5.41) is 12.3. The third-order valence-corrected chi connectivity index (χ3v) is 9.03. The fourth-order valence-electron chi connectivity index (χ4n) is 5.18. The molecule has 7 nitrogen and oxygen atoms in total. The van der Waals surface area contributed by atoms with Crippen LogP contribution in [0.1, 0.15) is 40.8 Å². The van der Waals surface area contributed by atoms with Crippen LogP contribution in [0.25, 0.3) is 0 Å². The van der Waals surface area contributed by atoms with E-state index in [0.29, 0.717) is 44.5 Å². The van der Waals surface area contributed by atoms with Crippen LogP contribution in [0.2, 0.25) is 5.02 Å². The molecule has 10 heteroatoms. The van der Waals surface area contributed by atoms with E-state index in [9.17, 15) is 9.18 Å². The summed E-state index contributed by atoms with van der Waals surface area (Å²) in [5.41, 5.74) is 6.16. The van der Waals surface area contributed by atoms with Gasteiger partial charge in [-0.25, -0.2) is 9.07 Å². The van der Waals surface area contributed by atoms with Gasteiger partial charge in [0.1, 0.15) is 24.2 Å². The van der Waals surface area contributed by atoms with Crippen molar-refractivity contribution in [3.05, 3.63) is 141 Å². The predicted octanol–water partition coefficient (Wildman–Crippen LogP) is 8.49. The number of nitrogens with zero attached hydrogens (tertiary/aromatic N) is 3. The molecule has 0 spiro atoms. The Morgan fingerprint density at radius 3 is 2.56 bits per heavy atom. The molecule has 2 heterocycles. The largest absolute Gasteiger partial charge is 0.489 e. The molecule has 0 fully saturated rings. The number of thioether (sulfide) groups is 1. The van der Waals surface area contributed by atoms with Crippen LogP contribution in [0.15, 0.2) is 107 Å². The van der Waals surface area contributed by atoms with Crippen molar-refractivity contribution in [2.45, 2.75) is 44.3 Å². The van der Waals surface area contributed by atoms with Gasteiger partial charge in [0.2, 0.25) is 11.1 Å². The van der Waals surface area contributed by atoms with Gasteiger partial charge in [-0.15, -0.1) is 5.10 Å². The molecule has 4 aromatic carbocycles. The molecule has 1 unspecified atom stereocenters. The number of amides is 1. The van der Waals surface area contributed by atoms with Gasteiger partial charge in [-0.2, -0.15) is 4.98 Å². The molecule has 0 radical (unpaired) electrons. The smallest absolute Gasteiger partial charge is 0.255 e. The summed E-state index contributed by atoms with van der Waals surface area (Å²) in [4.78, 5) is 18.8. The second-order valence-electron chi connectivity index (χ2n) is 10.8. The quantitative estimate of drug-likeness (QED) is 0.157. The molecule has 5 aromatic rings. The molecule has 0 saturated heterocycles. The van der Waals surface area contributed by atoms with Gasteiger partial charge in [-0.3, -0.25) is 4.79 Å². The number of hydrogen-bond donors (Lipinski definition) is 2. The SMILES string of the molecule is CC1=C(C(=O)Nc2cccc(C)c2C)C(c2cccc(OCc3ccccc3Cl)c2)n2nc(SCc3ccccc3F)nc2N1. The predicted molar refractivity (Wildman–Crippen MR) is 177 cm³/mol. The zero-order valence-corrected chi connectivity index (χ0v) is 26.5. The Labute approximate surface area is 270 Å². The number of fused-ring (bicyclic) bond motifs is 1. The number of benzene rings is 4. The van der Waals surface area contributed by atoms with Crippen molar-refractivity contribution in [1.82, 2.24) is 14.8 Å². The number of ether oxygens (including phenoxy) is 1. The second-order valence-corrected chi connectivity index (χ2v) is 12.1. The third-order valence-electron chi connectivity index (χ3n) is 7.77. The van der Waals surface area contributed by atoms with E-state index >= 15 is 0 Å². The van der Waals surface area contributed by atoms with Crippen LogP contribution in [-0.4, -0.2) is 20.7 Å². The van der Waals surface area contributed by atoms with Crippen LogP contribution in [0.5, 0.6) is 5.75 Å². The standard InChI is InChI=1S/C35H31ClFN5O2S/c1-21-10-8-17-30(22(21)2)39-33(43)31-23(3)38-34-40-35(45-20-26-12-5-7-16-29(26)37)41-42(34)32(31)24-13-9-14-27(18-24)44-19-25-11-4-6-15-28(25)36/h4-18,32H,19-20H2,1-3H3,(H,39,43)(H,38,40,41). The van der Waals surface area contributed by atoms with Gasteiger partial charge in [-0.1, -0.05) is 84.0 Å². The van der Waals surface area contributed by atoms with Gasteiger partial charge in [0, 0.05) is 27.7 Å². The fourth-order valence-corrected chi connectivity index (χ4v) is 6.19. The topological polar surface area (TPSA) is 81.1 Å². The molecule has 0 bridgehead atoms. The summed E-state index contributed by atoms with van der Waals surface area (Å²) < 4.78 is 22.2. The van der Waals surface area contributed by atoms with Crippen molar-refractivity contribution in [2.75, 3.05) is 10.6 Å². The minimum atomic E-state index is -0.620. The maximum Gasteiger partial charge on any atom is 0.255 e. The van der Waals surface area contributed by atoms with Gasteiger partial charge in [-0.05, 0) is 73.4 Å². The van der Waals surface area contributed by atoms with E-state index in [2.05, 4.69) is 10.6 Å². The Kier molecular flexibility index (Phi) is 8.91. The summed E-state index contributed by atoms with van der Waals surface area (Å²) >= 11 is 7.68. The zero-order chi connectivity index (χ0) is 31.5. The first kappa shape index (κ1) is 30.4. The first-order valence-corrected chi connectivity index (χ1v) is 15.8.